The summed E-state index contributed by atoms with van der Waals surface area (Å²) in [4.78, 5) is 38.0. The second-order valence-electron chi connectivity index (χ2n) is 5.70. The zero-order valence-corrected chi connectivity index (χ0v) is 15.4. The number of rotatable bonds is 6. The molecule has 1 N–H and O–H groups in total. The molecule has 1 fully saturated rings. The van der Waals surface area contributed by atoms with E-state index in [-0.39, 0.29) is 18.1 Å². The van der Waals surface area contributed by atoms with Crippen LogP contribution in [0, 0.1) is 11.3 Å². The van der Waals surface area contributed by atoms with Gasteiger partial charge in [-0.15, -0.1) is 0 Å². The number of nitriles is 1. The van der Waals surface area contributed by atoms with Crippen LogP contribution in [0.3, 0.4) is 0 Å². The fourth-order valence-electron chi connectivity index (χ4n) is 2.46. The van der Waals surface area contributed by atoms with Gasteiger partial charge in [-0.25, -0.2) is 0 Å². The molecule has 1 saturated heterocycles. The third-order valence-electron chi connectivity index (χ3n) is 3.69. The Balaban J connectivity index is 1.68. The van der Waals surface area contributed by atoms with Gasteiger partial charge in [0.25, 0.3) is 11.1 Å². The fraction of sp³-hybridized carbons (Fsp3) is 0.100. The number of ether oxygens (including phenoxy) is 1. The molecule has 1 heterocycles. The summed E-state index contributed by atoms with van der Waals surface area (Å²) in [7, 11) is 0. The van der Waals surface area contributed by atoms with E-state index < -0.39 is 17.1 Å². The SMILES string of the molecule is N#CCOc1cccc(/C=C2\SC(=O)N(CC(=O)Nc3ccccc3)C2=O)c1. The molecule has 0 bridgehead atoms. The Morgan fingerprint density at radius 2 is 1.96 bits per heavy atom. The lowest BCUT2D eigenvalue weighted by Crippen LogP contribution is -2.36. The minimum atomic E-state index is -0.526. The summed E-state index contributed by atoms with van der Waals surface area (Å²) in [5.74, 6) is -0.500. The first-order valence-electron chi connectivity index (χ1n) is 8.27. The molecule has 2 aromatic carbocycles. The zero-order chi connectivity index (χ0) is 19.9. The number of carbonyl (C=O) groups is 3. The van der Waals surface area contributed by atoms with E-state index in [1.54, 1.807) is 54.6 Å². The Bertz CT molecular complexity index is 982. The topological polar surface area (TPSA) is 99.5 Å². The molecular weight excluding hydrogens is 378 g/mol. The van der Waals surface area contributed by atoms with Gasteiger partial charge in [-0.05, 0) is 47.7 Å². The molecule has 2 aromatic rings. The lowest BCUT2D eigenvalue weighted by molar-refractivity contribution is -0.127. The smallest absolute Gasteiger partial charge is 0.294 e. The van der Waals surface area contributed by atoms with E-state index in [9.17, 15) is 14.4 Å². The maximum absolute atomic E-state index is 12.5. The number of anilines is 1. The van der Waals surface area contributed by atoms with Crippen LogP contribution in [0.4, 0.5) is 10.5 Å². The molecule has 0 spiro atoms. The van der Waals surface area contributed by atoms with Gasteiger partial charge in [0.2, 0.25) is 5.91 Å². The second-order valence-corrected chi connectivity index (χ2v) is 6.69. The average Bonchev–Trinajstić information content (AvgIpc) is 2.95. The van der Waals surface area contributed by atoms with Crippen molar-refractivity contribution in [3.63, 3.8) is 0 Å². The van der Waals surface area contributed by atoms with E-state index in [2.05, 4.69) is 5.32 Å². The highest BCUT2D eigenvalue weighted by atomic mass is 32.2. The minimum Gasteiger partial charge on any atom is -0.479 e. The van der Waals surface area contributed by atoms with Crippen molar-refractivity contribution in [3.8, 4) is 11.8 Å². The summed E-state index contributed by atoms with van der Waals surface area (Å²) < 4.78 is 5.23. The number of nitrogens with one attached hydrogen (secondary N) is 1. The van der Waals surface area contributed by atoms with Gasteiger partial charge in [0.15, 0.2) is 6.61 Å². The lowest BCUT2D eigenvalue weighted by Gasteiger charge is -2.12. The highest BCUT2D eigenvalue weighted by Gasteiger charge is 2.36. The van der Waals surface area contributed by atoms with Crippen molar-refractivity contribution in [1.29, 1.82) is 5.26 Å². The van der Waals surface area contributed by atoms with Crippen LogP contribution in [0.25, 0.3) is 6.08 Å². The second kappa shape index (κ2) is 8.88. The van der Waals surface area contributed by atoms with E-state index in [4.69, 9.17) is 10.00 Å². The van der Waals surface area contributed by atoms with Crippen molar-refractivity contribution in [1.82, 2.24) is 4.90 Å². The number of para-hydroxylation sites is 1. The molecule has 0 radical (unpaired) electrons. The van der Waals surface area contributed by atoms with Gasteiger partial charge >= 0.3 is 0 Å². The Hall–Kier alpha value is -3.57. The van der Waals surface area contributed by atoms with Gasteiger partial charge in [-0.1, -0.05) is 30.3 Å². The fourth-order valence-corrected chi connectivity index (χ4v) is 3.30. The first kappa shape index (κ1) is 19.2. The Morgan fingerprint density at radius 3 is 2.71 bits per heavy atom. The molecule has 1 aliphatic heterocycles. The monoisotopic (exact) mass is 393 g/mol. The number of hydrogen-bond acceptors (Lipinski definition) is 6. The first-order chi connectivity index (χ1) is 13.6. The Labute approximate surface area is 165 Å². The molecule has 0 aromatic heterocycles. The number of imide groups is 1. The lowest BCUT2D eigenvalue weighted by atomic mass is 10.2. The van der Waals surface area contributed by atoms with Crippen LogP contribution in [0.2, 0.25) is 0 Å². The van der Waals surface area contributed by atoms with Crippen molar-refractivity contribution >= 4 is 40.6 Å². The van der Waals surface area contributed by atoms with Crippen molar-refractivity contribution in [2.45, 2.75) is 0 Å². The van der Waals surface area contributed by atoms with Crippen LogP contribution in [0.1, 0.15) is 5.56 Å². The van der Waals surface area contributed by atoms with Crippen LogP contribution in [-0.4, -0.2) is 35.1 Å². The summed E-state index contributed by atoms with van der Waals surface area (Å²) in [6.45, 7) is -0.446. The van der Waals surface area contributed by atoms with Crippen LogP contribution < -0.4 is 10.1 Å². The third kappa shape index (κ3) is 4.78. The summed E-state index contributed by atoms with van der Waals surface area (Å²) in [5, 5.41) is 10.7. The molecule has 1 aliphatic rings. The minimum absolute atomic E-state index is 0.0868. The Kier molecular flexibility index (Phi) is 6.09. The molecule has 0 saturated carbocycles. The van der Waals surface area contributed by atoms with E-state index in [1.165, 1.54) is 0 Å². The maximum Gasteiger partial charge on any atom is 0.294 e. The average molecular weight is 393 g/mol. The number of carbonyl (C=O) groups excluding carboxylic acids is 3. The van der Waals surface area contributed by atoms with Crippen LogP contribution in [-0.2, 0) is 9.59 Å². The molecule has 7 nitrogen and oxygen atoms in total. The van der Waals surface area contributed by atoms with Gasteiger partial charge in [0.05, 0.1) is 4.91 Å². The van der Waals surface area contributed by atoms with E-state index in [1.807, 2.05) is 12.1 Å². The largest absolute Gasteiger partial charge is 0.479 e. The molecule has 3 rings (SSSR count). The zero-order valence-electron chi connectivity index (χ0n) is 14.6. The van der Waals surface area contributed by atoms with Crippen molar-refractivity contribution in [3.05, 3.63) is 65.1 Å². The molecule has 3 amide bonds. The van der Waals surface area contributed by atoms with Crippen molar-refractivity contribution < 1.29 is 19.1 Å². The van der Waals surface area contributed by atoms with E-state index in [0.29, 0.717) is 17.0 Å². The standard InChI is InChI=1S/C20H15N3O4S/c21-9-10-27-16-8-4-5-14(11-16)12-17-19(25)23(20(26)28-17)13-18(24)22-15-6-2-1-3-7-15/h1-8,11-12H,10,13H2,(H,22,24)/b17-12-. The highest BCUT2D eigenvalue weighted by Crippen LogP contribution is 2.32. The predicted octanol–water partition coefficient (Wildman–Crippen LogP) is 3.26. The third-order valence-corrected chi connectivity index (χ3v) is 4.60. The van der Waals surface area contributed by atoms with Gasteiger partial charge in [0, 0.05) is 5.69 Å². The molecule has 28 heavy (non-hydrogen) atoms. The van der Waals surface area contributed by atoms with Crippen LogP contribution in [0.5, 0.6) is 5.75 Å². The normalized spacial score (nSPS) is 14.8. The van der Waals surface area contributed by atoms with Gasteiger partial charge in [-0.2, -0.15) is 5.26 Å². The summed E-state index contributed by atoms with van der Waals surface area (Å²) in [5.41, 5.74) is 1.24. The number of hydrogen-bond donors (Lipinski definition) is 1. The number of thioether (sulfide) groups is 1. The maximum atomic E-state index is 12.5. The quantitative estimate of drug-likeness (QED) is 0.756. The summed E-state index contributed by atoms with van der Waals surface area (Å²) in [6, 6.07) is 17.5. The van der Waals surface area contributed by atoms with E-state index >= 15 is 0 Å². The molecule has 0 unspecified atom stereocenters. The molecule has 0 aliphatic carbocycles. The van der Waals surface area contributed by atoms with Gasteiger partial charge in [-0.3, -0.25) is 19.3 Å². The van der Waals surface area contributed by atoms with Crippen LogP contribution in [0.15, 0.2) is 59.5 Å². The van der Waals surface area contributed by atoms with E-state index in [0.717, 1.165) is 16.7 Å². The predicted molar refractivity (Wildman–Crippen MR) is 105 cm³/mol. The van der Waals surface area contributed by atoms with Crippen LogP contribution >= 0.6 is 11.8 Å². The number of amides is 3. The molecule has 8 heteroatoms. The summed E-state index contributed by atoms with van der Waals surface area (Å²) >= 11 is 0.774. The number of nitrogens with zero attached hydrogens (tertiary/aromatic N) is 2. The van der Waals surface area contributed by atoms with Gasteiger partial charge < -0.3 is 10.1 Å². The van der Waals surface area contributed by atoms with Gasteiger partial charge in [0.1, 0.15) is 18.4 Å². The molecule has 0 atom stereocenters. The summed E-state index contributed by atoms with van der Waals surface area (Å²) in [6.07, 6.45) is 1.55. The first-order valence-corrected chi connectivity index (χ1v) is 9.08. The number of benzene rings is 2. The van der Waals surface area contributed by atoms with Crippen molar-refractivity contribution in [2.24, 2.45) is 0 Å². The molecule has 140 valence electrons. The molecular formula is C20H15N3O4S. The highest BCUT2D eigenvalue weighted by molar-refractivity contribution is 8.18. The van der Waals surface area contributed by atoms with Crippen molar-refractivity contribution in [2.75, 3.05) is 18.5 Å². The Morgan fingerprint density at radius 1 is 1.18 bits per heavy atom.